The smallest absolute Gasteiger partial charge is 0.342 e. The lowest BCUT2D eigenvalue weighted by Gasteiger charge is -2.05. The predicted octanol–water partition coefficient (Wildman–Crippen LogP) is 4.17. The summed E-state index contributed by atoms with van der Waals surface area (Å²) >= 11 is 0. The Hall–Kier alpha value is -1.52. The van der Waals surface area contributed by atoms with E-state index in [0.717, 1.165) is 30.8 Å². The Kier molecular flexibility index (Phi) is 3.32. The number of aromatic nitrogens is 2. The molecule has 1 heterocycles. The van der Waals surface area contributed by atoms with Crippen LogP contribution in [-0.4, -0.2) is 9.97 Å². The van der Waals surface area contributed by atoms with Gasteiger partial charge in [-0.2, -0.15) is 13.2 Å². The van der Waals surface area contributed by atoms with Gasteiger partial charge in [-0.1, -0.05) is 20.3 Å². The first-order valence-electron chi connectivity index (χ1n) is 5.96. The van der Waals surface area contributed by atoms with Crippen LogP contribution in [0.1, 0.15) is 31.7 Å². The molecule has 1 atom stereocenters. The van der Waals surface area contributed by atoms with Gasteiger partial charge in [0.2, 0.25) is 0 Å². The van der Waals surface area contributed by atoms with Gasteiger partial charge in [-0.15, -0.1) is 0 Å². The van der Waals surface area contributed by atoms with Crippen molar-refractivity contribution in [1.29, 1.82) is 0 Å². The van der Waals surface area contributed by atoms with Crippen LogP contribution in [0, 0.1) is 5.92 Å². The first-order chi connectivity index (χ1) is 8.40. The molecule has 1 unspecified atom stereocenters. The number of hydrogen-bond acceptors (Lipinski definition) is 1. The minimum Gasteiger partial charge on any atom is -0.342 e. The van der Waals surface area contributed by atoms with Crippen LogP contribution in [0.15, 0.2) is 18.2 Å². The summed E-state index contributed by atoms with van der Waals surface area (Å²) in [5.74, 6) is 1.21. The Bertz CT molecular complexity index is 543. The predicted molar refractivity (Wildman–Crippen MR) is 64.3 cm³/mol. The SMILES string of the molecule is CCC(C)Cc1nc2ccc(C(F)(F)F)cc2[nH]1. The van der Waals surface area contributed by atoms with Crippen LogP contribution in [0.2, 0.25) is 0 Å². The molecule has 1 aromatic heterocycles. The third-order valence-corrected chi connectivity index (χ3v) is 3.10. The third kappa shape index (κ3) is 2.66. The standard InChI is InChI=1S/C13H15F3N2/c1-3-8(2)6-12-17-10-5-4-9(13(14,15)16)7-11(10)18-12/h4-5,7-8H,3,6H2,1-2H3,(H,17,18). The second kappa shape index (κ2) is 4.63. The fraction of sp³-hybridized carbons (Fsp3) is 0.462. The number of imidazole rings is 1. The van der Waals surface area contributed by atoms with Gasteiger partial charge in [0.1, 0.15) is 5.82 Å². The number of rotatable bonds is 3. The molecule has 0 amide bonds. The van der Waals surface area contributed by atoms with E-state index in [4.69, 9.17) is 0 Å². The molecule has 2 aromatic rings. The summed E-state index contributed by atoms with van der Waals surface area (Å²) in [6.45, 7) is 4.17. The first-order valence-corrected chi connectivity index (χ1v) is 5.96. The van der Waals surface area contributed by atoms with Crippen molar-refractivity contribution >= 4 is 11.0 Å². The highest BCUT2D eigenvalue weighted by Gasteiger charge is 2.30. The van der Waals surface area contributed by atoms with Gasteiger partial charge in [0, 0.05) is 6.42 Å². The van der Waals surface area contributed by atoms with Crippen molar-refractivity contribution < 1.29 is 13.2 Å². The summed E-state index contributed by atoms with van der Waals surface area (Å²) in [6, 6.07) is 3.59. The monoisotopic (exact) mass is 256 g/mol. The van der Waals surface area contributed by atoms with Crippen molar-refractivity contribution in [2.75, 3.05) is 0 Å². The maximum absolute atomic E-state index is 12.6. The number of H-pyrrole nitrogens is 1. The van der Waals surface area contributed by atoms with Crippen molar-refractivity contribution in [3.05, 3.63) is 29.6 Å². The van der Waals surface area contributed by atoms with Crippen molar-refractivity contribution in [3.8, 4) is 0 Å². The van der Waals surface area contributed by atoms with Gasteiger partial charge < -0.3 is 4.98 Å². The molecule has 5 heteroatoms. The summed E-state index contributed by atoms with van der Waals surface area (Å²) in [5.41, 5.74) is 0.387. The highest BCUT2D eigenvalue weighted by atomic mass is 19.4. The van der Waals surface area contributed by atoms with Gasteiger partial charge in [-0.25, -0.2) is 4.98 Å². The molecule has 0 fully saturated rings. The number of benzene rings is 1. The maximum atomic E-state index is 12.6. The zero-order valence-corrected chi connectivity index (χ0v) is 10.3. The van der Waals surface area contributed by atoms with E-state index < -0.39 is 11.7 Å². The van der Waals surface area contributed by atoms with Crippen molar-refractivity contribution in [2.45, 2.75) is 32.9 Å². The number of fused-ring (bicyclic) bond motifs is 1. The Morgan fingerprint density at radius 1 is 1.33 bits per heavy atom. The molecule has 0 aliphatic carbocycles. The number of halogens is 3. The first kappa shape index (κ1) is 12.9. The second-order valence-electron chi connectivity index (χ2n) is 4.63. The summed E-state index contributed by atoms with van der Waals surface area (Å²) in [6.07, 6.45) is -2.53. The van der Waals surface area contributed by atoms with Crippen molar-refractivity contribution in [3.63, 3.8) is 0 Å². The molecule has 0 saturated carbocycles. The molecule has 0 aliphatic heterocycles. The van der Waals surface area contributed by atoms with Crippen LogP contribution < -0.4 is 0 Å². The molecule has 2 nitrogen and oxygen atoms in total. The van der Waals surface area contributed by atoms with Crippen LogP contribution in [0.4, 0.5) is 13.2 Å². The van der Waals surface area contributed by atoms with Gasteiger partial charge in [0.15, 0.2) is 0 Å². The minimum absolute atomic E-state index is 0.447. The topological polar surface area (TPSA) is 28.7 Å². The fourth-order valence-electron chi connectivity index (χ4n) is 1.81. The Morgan fingerprint density at radius 3 is 2.67 bits per heavy atom. The lowest BCUT2D eigenvalue weighted by atomic mass is 10.1. The second-order valence-corrected chi connectivity index (χ2v) is 4.63. The fourth-order valence-corrected chi connectivity index (χ4v) is 1.81. The molecule has 98 valence electrons. The maximum Gasteiger partial charge on any atom is 0.416 e. The molecule has 0 bridgehead atoms. The number of nitrogens with zero attached hydrogens (tertiary/aromatic N) is 1. The normalized spacial score (nSPS) is 14.1. The number of hydrogen-bond donors (Lipinski definition) is 1. The molecule has 2 rings (SSSR count). The van der Waals surface area contributed by atoms with Crippen LogP contribution in [0.5, 0.6) is 0 Å². The summed E-state index contributed by atoms with van der Waals surface area (Å²) in [7, 11) is 0. The molecular weight excluding hydrogens is 241 g/mol. The lowest BCUT2D eigenvalue weighted by Crippen LogP contribution is -2.04. The van der Waals surface area contributed by atoms with Crippen LogP contribution >= 0.6 is 0 Å². The van der Waals surface area contributed by atoms with Gasteiger partial charge in [-0.05, 0) is 24.1 Å². The zero-order valence-electron chi connectivity index (χ0n) is 10.3. The summed E-state index contributed by atoms with van der Waals surface area (Å²) in [4.78, 5) is 7.26. The van der Waals surface area contributed by atoms with E-state index in [1.165, 1.54) is 6.07 Å². The Morgan fingerprint density at radius 2 is 2.06 bits per heavy atom. The van der Waals surface area contributed by atoms with Crippen molar-refractivity contribution in [2.24, 2.45) is 5.92 Å². The summed E-state index contributed by atoms with van der Waals surface area (Å²) < 4.78 is 37.7. The van der Waals surface area contributed by atoms with Gasteiger partial charge in [-0.3, -0.25) is 0 Å². The van der Waals surface area contributed by atoms with Crippen LogP contribution in [0.25, 0.3) is 11.0 Å². The Balaban J connectivity index is 2.34. The quantitative estimate of drug-likeness (QED) is 0.877. The molecule has 0 aliphatic rings. The highest BCUT2D eigenvalue weighted by molar-refractivity contribution is 5.76. The van der Waals surface area contributed by atoms with E-state index in [1.54, 1.807) is 0 Å². The Labute approximate surface area is 103 Å². The molecule has 0 spiro atoms. The van der Waals surface area contributed by atoms with Gasteiger partial charge in [0.05, 0.1) is 16.6 Å². The van der Waals surface area contributed by atoms with E-state index in [-0.39, 0.29) is 0 Å². The van der Waals surface area contributed by atoms with Gasteiger partial charge in [0.25, 0.3) is 0 Å². The molecule has 18 heavy (non-hydrogen) atoms. The van der Waals surface area contributed by atoms with Crippen LogP contribution in [0.3, 0.4) is 0 Å². The van der Waals surface area contributed by atoms with E-state index in [2.05, 4.69) is 23.8 Å². The summed E-state index contributed by atoms with van der Waals surface area (Å²) in [5, 5.41) is 0. The van der Waals surface area contributed by atoms with E-state index in [0.29, 0.717) is 17.0 Å². The molecule has 1 aromatic carbocycles. The molecule has 0 radical (unpaired) electrons. The van der Waals surface area contributed by atoms with Crippen molar-refractivity contribution in [1.82, 2.24) is 9.97 Å². The van der Waals surface area contributed by atoms with E-state index >= 15 is 0 Å². The highest BCUT2D eigenvalue weighted by Crippen LogP contribution is 2.31. The molecule has 0 saturated heterocycles. The largest absolute Gasteiger partial charge is 0.416 e. The average Bonchev–Trinajstić information content (AvgIpc) is 2.68. The number of alkyl halides is 3. The lowest BCUT2D eigenvalue weighted by molar-refractivity contribution is -0.137. The number of nitrogens with one attached hydrogen (secondary N) is 1. The number of aromatic amines is 1. The molecule has 1 N–H and O–H groups in total. The van der Waals surface area contributed by atoms with E-state index in [9.17, 15) is 13.2 Å². The average molecular weight is 256 g/mol. The van der Waals surface area contributed by atoms with E-state index in [1.807, 2.05) is 0 Å². The minimum atomic E-state index is -4.31. The third-order valence-electron chi connectivity index (χ3n) is 3.10. The zero-order chi connectivity index (χ0) is 13.3. The van der Waals surface area contributed by atoms with Crippen LogP contribution in [-0.2, 0) is 12.6 Å². The molecular formula is C13H15F3N2. The van der Waals surface area contributed by atoms with Gasteiger partial charge >= 0.3 is 6.18 Å².